The zero-order valence-corrected chi connectivity index (χ0v) is 8.90. The first-order valence-corrected chi connectivity index (χ1v) is 4.90. The maximum atomic E-state index is 8.83. The molecule has 0 aliphatic carbocycles. The van der Waals surface area contributed by atoms with Gasteiger partial charge in [0.25, 0.3) is 0 Å². The summed E-state index contributed by atoms with van der Waals surface area (Å²) in [5.74, 6) is 0.694. The van der Waals surface area contributed by atoms with E-state index in [9.17, 15) is 0 Å². The highest BCUT2D eigenvalue weighted by molar-refractivity contribution is 5.66. The van der Waals surface area contributed by atoms with E-state index in [2.05, 4.69) is 12.1 Å². The van der Waals surface area contributed by atoms with Gasteiger partial charge in [0.05, 0.1) is 18.7 Å². The molecule has 77 valence electrons. The lowest BCUT2D eigenvalue weighted by Gasteiger charge is -2.04. The van der Waals surface area contributed by atoms with Crippen molar-refractivity contribution in [1.29, 1.82) is 5.26 Å². The molecule has 0 bridgehead atoms. The van der Waals surface area contributed by atoms with Crippen LogP contribution in [-0.2, 0) is 0 Å². The Hall–Kier alpha value is -2.27. The third-order valence-electron chi connectivity index (χ3n) is 2.32. The van der Waals surface area contributed by atoms with Gasteiger partial charge in [-0.2, -0.15) is 5.26 Å². The van der Waals surface area contributed by atoms with Gasteiger partial charge >= 0.3 is 0 Å². The number of nitriles is 1. The van der Waals surface area contributed by atoms with Gasteiger partial charge in [-0.3, -0.25) is 0 Å². The molecular formula is C14H10NO. The number of rotatable bonds is 2. The number of hydrogen-bond acceptors (Lipinski definition) is 2. The van der Waals surface area contributed by atoms with Gasteiger partial charge in [0.2, 0.25) is 0 Å². The molecule has 0 atom stereocenters. The summed E-state index contributed by atoms with van der Waals surface area (Å²) in [6, 6.07) is 18.2. The minimum absolute atomic E-state index is 0.657. The summed E-state index contributed by atoms with van der Waals surface area (Å²) in [6.07, 6.45) is 0. The van der Waals surface area contributed by atoms with Crippen LogP contribution in [0.2, 0.25) is 0 Å². The van der Waals surface area contributed by atoms with Crippen LogP contribution in [0.25, 0.3) is 11.1 Å². The third kappa shape index (κ3) is 2.04. The Kier molecular flexibility index (Phi) is 2.88. The standard InChI is InChI=1S/C14H10NO/c1-16-14-7-3-6-13(9-14)12-5-2-4-11(8-12)10-15/h2-6,8-9H,1H3. The molecule has 16 heavy (non-hydrogen) atoms. The molecule has 2 heteroatoms. The second-order valence-electron chi connectivity index (χ2n) is 3.34. The van der Waals surface area contributed by atoms with Crippen molar-refractivity contribution in [2.75, 3.05) is 7.11 Å². The summed E-state index contributed by atoms with van der Waals surface area (Å²) in [6.45, 7) is 0. The van der Waals surface area contributed by atoms with Gasteiger partial charge in [0.15, 0.2) is 0 Å². The SMILES string of the molecule is COc1[c]ccc(-c2cccc(C#N)c2)c1. The molecule has 0 heterocycles. The molecule has 0 N–H and O–H groups in total. The van der Waals surface area contributed by atoms with Crippen molar-refractivity contribution in [3.63, 3.8) is 0 Å². The molecule has 0 aliphatic heterocycles. The van der Waals surface area contributed by atoms with Gasteiger partial charge in [0, 0.05) is 6.07 Å². The summed E-state index contributed by atoms with van der Waals surface area (Å²) in [5, 5.41) is 8.83. The van der Waals surface area contributed by atoms with Gasteiger partial charge in [-0.05, 0) is 35.4 Å². The molecule has 0 fully saturated rings. The largest absolute Gasteiger partial charge is 0.496 e. The number of nitrogens with zero attached hydrogens (tertiary/aromatic N) is 1. The van der Waals surface area contributed by atoms with Crippen LogP contribution >= 0.6 is 0 Å². The van der Waals surface area contributed by atoms with Crippen molar-refractivity contribution >= 4 is 0 Å². The second-order valence-corrected chi connectivity index (χ2v) is 3.34. The molecule has 2 nitrogen and oxygen atoms in total. The van der Waals surface area contributed by atoms with Crippen molar-refractivity contribution < 1.29 is 4.74 Å². The Morgan fingerprint density at radius 1 is 1.19 bits per heavy atom. The van der Waals surface area contributed by atoms with Crippen LogP contribution in [0, 0.1) is 17.4 Å². The van der Waals surface area contributed by atoms with Gasteiger partial charge in [0.1, 0.15) is 5.75 Å². The summed E-state index contributed by atoms with van der Waals surface area (Å²) in [7, 11) is 1.61. The van der Waals surface area contributed by atoms with E-state index in [1.807, 2.05) is 36.4 Å². The number of ether oxygens (including phenoxy) is 1. The first-order valence-electron chi connectivity index (χ1n) is 4.90. The van der Waals surface area contributed by atoms with E-state index in [0.717, 1.165) is 11.1 Å². The zero-order valence-electron chi connectivity index (χ0n) is 8.90. The van der Waals surface area contributed by atoms with Crippen LogP contribution < -0.4 is 4.74 Å². The van der Waals surface area contributed by atoms with Crippen LogP contribution in [0.15, 0.2) is 42.5 Å². The Morgan fingerprint density at radius 3 is 2.75 bits per heavy atom. The monoisotopic (exact) mass is 208 g/mol. The molecule has 1 radical (unpaired) electrons. The van der Waals surface area contributed by atoms with Gasteiger partial charge in [-0.25, -0.2) is 0 Å². The highest BCUT2D eigenvalue weighted by Crippen LogP contribution is 2.23. The Labute approximate surface area is 94.7 Å². The van der Waals surface area contributed by atoms with E-state index in [4.69, 9.17) is 10.00 Å². The van der Waals surface area contributed by atoms with Crippen LogP contribution in [-0.4, -0.2) is 7.11 Å². The maximum Gasteiger partial charge on any atom is 0.127 e. The molecule has 0 amide bonds. The van der Waals surface area contributed by atoms with Crippen LogP contribution in [0.1, 0.15) is 5.56 Å². The van der Waals surface area contributed by atoms with E-state index in [0.29, 0.717) is 11.3 Å². The minimum Gasteiger partial charge on any atom is -0.496 e. The molecule has 2 aromatic carbocycles. The van der Waals surface area contributed by atoms with E-state index < -0.39 is 0 Å². The molecule has 0 aliphatic rings. The predicted octanol–water partition coefficient (Wildman–Crippen LogP) is 3.03. The molecule has 0 unspecified atom stereocenters. The lowest BCUT2D eigenvalue weighted by Crippen LogP contribution is -1.84. The van der Waals surface area contributed by atoms with E-state index in [1.165, 1.54) is 0 Å². The van der Waals surface area contributed by atoms with Crippen molar-refractivity contribution in [2.24, 2.45) is 0 Å². The third-order valence-corrected chi connectivity index (χ3v) is 2.32. The Bertz CT molecular complexity index is 540. The lowest BCUT2D eigenvalue weighted by molar-refractivity contribution is 0.414. The predicted molar refractivity (Wildman–Crippen MR) is 62.0 cm³/mol. The topological polar surface area (TPSA) is 33.0 Å². The molecular weight excluding hydrogens is 198 g/mol. The van der Waals surface area contributed by atoms with E-state index in [1.54, 1.807) is 13.2 Å². The quantitative estimate of drug-likeness (QED) is 0.760. The highest BCUT2D eigenvalue weighted by atomic mass is 16.5. The fraction of sp³-hybridized carbons (Fsp3) is 0.0714. The first-order chi connectivity index (χ1) is 7.83. The van der Waals surface area contributed by atoms with Gasteiger partial charge in [-0.15, -0.1) is 0 Å². The Balaban J connectivity index is 2.46. The number of benzene rings is 2. The molecule has 0 spiro atoms. The molecule has 2 rings (SSSR count). The fourth-order valence-corrected chi connectivity index (χ4v) is 1.51. The van der Waals surface area contributed by atoms with Crippen molar-refractivity contribution in [1.82, 2.24) is 0 Å². The highest BCUT2D eigenvalue weighted by Gasteiger charge is 2.00. The molecule has 0 aromatic heterocycles. The molecule has 0 saturated heterocycles. The lowest BCUT2D eigenvalue weighted by atomic mass is 10.0. The van der Waals surface area contributed by atoms with Crippen LogP contribution in [0.4, 0.5) is 0 Å². The smallest absolute Gasteiger partial charge is 0.127 e. The number of hydrogen-bond donors (Lipinski definition) is 0. The average Bonchev–Trinajstić information content (AvgIpc) is 2.39. The summed E-state index contributed by atoms with van der Waals surface area (Å²) in [5.41, 5.74) is 2.68. The maximum absolute atomic E-state index is 8.83. The normalized spacial score (nSPS) is 9.50. The summed E-state index contributed by atoms with van der Waals surface area (Å²) >= 11 is 0. The molecule has 0 saturated carbocycles. The average molecular weight is 208 g/mol. The summed E-state index contributed by atoms with van der Waals surface area (Å²) < 4.78 is 5.11. The van der Waals surface area contributed by atoms with Gasteiger partial charge in [-0.1, -0.05) is 18.2 Å². The van der Waals surface area contributed by atoms with Crippen molar-refractivity contribution in [3.8, 4) is 22.9 Å². The van der Waals surface area contributed by atoms with Crippen LogP contribution in [0.3, 0.4) is 0 Å². The number of methoxy groups -OCH3 is 1. The fourth-order valence-electron chi connectivity index (χ4n) is 1.51. The minimum atomic E-state index is 0.657. The van der Waals surface area contributed by atoms with E-state index in [-0.39, 0.29) is 0 Å². The second kappa shape index (κ2) is 4.50. The van der Waals surface area contributed by atoms with Gasteiger partial charge < -0.3 is 4.74 Å². The first kappa shape index (κ1) is 10.3. The molecule has 2 aromatic rings. The van der Waals surface area contributed by atoms with Crippen molar-refractivity contribution in [2.45, 2.75) is 0 Å². The van der Waals surface area contributed by atoms with Crippen LogP contribution in [0.5, 0.6) is 5.75 Å². The Morgan fingerprint density at radius 2 is 2.00 bits per heavy atom. The van der Waals surface area contributed by atoms with E-state index >= 15 is 0 Å². The zero-order chi connectivity index (χ0) is 11.4. The van der Waals surface area contributed by atoms with Crippen molar-refractivity contribution in [3.05, 3.63) is 54.1 Å². The summed E-state index contributed by atoms with van der Waals surface area (Å²) in [4.78, 5) is 0.